The Balaban J connectivity index is 2.23. The van der Waals surface area contributed by atoms with Gasteiger partial charge in [0.2, 0.25) is 0 Å². The maximum Gasteiger partial charge on any atom is 0.315 e. The van der Waals surface area contributed by atoms with Gasteiger partial charge in [0.1, 0.15) is 23.9 Å². The summed E-state index contributed by atoms with van der Waals surface area (Å²) < 4.78 is 1.45. The molecule has 0 radical (unpaired) electrons. The number of carbonyl (C=O) groups is 1. The van der Waals surface area contributed by atoms with E-state index in [1.165, 1.54) is 10.9 Å². The average molecular weight is 266 g/mol. The van der Waals surface area contributed by atoms with E-state index in [0.717, 1.165) is 0 Å². The van der Waals surface area contributed by atoms with Crippen LogP contribution in [0, 0.1) is 23.2 Å². The zero-order valence-corrected chi connectivity index (χ0v) is 10.4. The number of hydrogen-bond acceptors (Lipinski definition) is 4. The van der Waals surface area contributed by atoms with Gasteiger partial charge in [-0.05, 0) is 24.3 Å². The van der Waals surface area contributed by atoms with Crippen molar-refractivity contribution >= 4 is 11.8 Å². The second-order valence-corrected chi connectivity index (χ2v) is 3.89. The number of aromatic nitrogens is 2. The molecule has 2 aromatic rings. The molecule has 6 nitrogen and oxygen atoms in total. The number of nitrogen functional groups attached to an aromatic ring is 1. The minimum atomic E-state index is -0.956. The topological polar surface area (TPSA) is 105 Å². The van der Waals surface area contributed by atoms with Crippen molar-refractivity contribution in [1.29, 1.82) is 5.26 Å². The number of hydrogen-bond donors (Lipinski definition) is 2. The van der Waals surface area contributed by atoms with Crippen LogP contribution in [0.25, 0.3) is 5.69 Å². The molecule has 0 aliphatic heterocycles. The third-order valence-electron chi connectivity index (χ3n) is 2.51. The molecule has 0 aliphatic carbocycles. The molecule has 6 heteroatoms. The fraction of sp³-hybridized carbons (Fsp3) is 0.0714. The van der Waals surface area contributed by atoms with E-state index in [4.69, 9.17) is 16.1 Å². The molecule has 0 saturated carbocycles. The SMILES string of the molecule is N#Cc1cnn(-c2ccc(C#CCC(=O)O)cc2)c1N. The summed E-state index contributed by atoms with van der Waals surface area (Å²) in [5, 5.41) is 21.3. The first-order valence-electron chi connectivity index (χ1n) is 5.66. The molecule has 1 heterocycles. The molecular formula is C14H10N4O2. The number of benzene rings is 1. The maximum atomic E-state index is 10.3. The molecule has 0 aliphatic rings. The van der Waals surface area contributed by atoms with Crippen molar-refractivity contribution in [2.45, 2.75) is 6.42 Å². The first-order chi connectivity index (χ1) is 9.61. The van der Waals surface area contributed by atoms with Crippen LogP contribution < -0.4 is 5.73 Å². The van der Waals surface area contributed by atoms with E-state index in [1.54, 1.807) is 24.3 Å². The first kappa shape index (κ1) is 13.2. The third kappa shape index (κ3) is 2.77. The molecule has 2 rings (SSSR count). The Morgan fingerprint density at radius 1 is 1.40 bits per heavy atom. The summed E-state index contributed by atoms with van der Waals surface area (Å²) in [6.07, 6.45) is 1.20. The quantitative estimate of drug-likeness (QED) is 0.793. The molecule has 98 valence electrons. The van der Waals surface area contributed by atoms with Crippen molar-refractivity contribution in [3.63, 3.8) is 0 Å². The van der Waals surface area contributed by atoms with Gasteiger partial charge in [-0.15, -0.1) is 0 Å². The van der Waals surface area contributed by atoms with Gasteiger partial charge in [-0.3, -0.25) is 4.79 Å². The highest BCUT2D eigenvalue weighted by Crippen LogP contribution is 2.16. The minimum Gasteiger partial charge on any atom is -0.481 e. The standard InChI is InChI=1S/C14H10N4O2/c15-8-11-9-17-18(14(11)16)12-6-4-10(5-7-12)2-1-3-13(19)20/h4-7,9H,3,16H2,(H,19,20). The Hall–Kier alpha value is -3.25. The van der Waals surface area contributed by atoms with Gasteiger partial charge in [0, 0.05) is 5.56 Å². The van der Waals surface area contributed by atoms with Crippen molar-refractivity contribution in [2.75, 3.05) is 5.73 Å². The molecule has 1 aromatic carbocycles. The van der Waals surface area contributed by atoms with Crippen molar-refractivity contribution in [3.05, 3.63) is 41.6 Å². The lowest BCUT2D eigenvalue weighted by atomic mass is 10.2. The van der Waals surface area contributed by atoms with Crippen LogP contribution in [0.3, 0.4) is 0 Å². The lowest BCUT2D eigenvalue weighted by Crippen LogP contribution is -2.02. The Labute approximate surface area is 115 Å². The van der Waals surface area contributed by atoms with Gasteiger partial charge in [0.15, 0.2) is 0 Å². The fourth-order valence-corrected chi connectivity index (χ4v) is 1.56. The summed E-state index contributed by atoms with van der Waals surface area (Å²) in [5.74, 6) is 4.61. The van der Waals surface area contributed by atoms with Gasteiger partial charge >= 0.3 is 5.97 Å². The number of rotatable bonds is 2. The minimum absolute atomic E-state index is 0.195. The summed E-state index contributed by atoms with van der Waals surface area (Å²) in [4.78, 5) is 10.3. The van der Waals surface area contributed by atoms with Gasteiger partial charge in [0.05, 0.1) is 11.9 Å². The largest absolute Gasteiger partial charge is 0.481 e. The highest BCUT2D eigenvalue weighted by Gasteiger charge is 2.07. The number of nitrogens with zero attached hydrogens (tertiary/aromatic N) is 3. The van der Waals surface area contributed by atoms with Crippen molar-refractivity contribution in [1.82, 2.24) is 9.78 Å². The molecule has 0 saturated heterocycles. The molecule has 0 spiro atoms. The van der Waals surface area contributed by atoms with Crippen LogP contribution in [0.15, 0.2) is 30.5 Å². The predicted octanol–water partition coefficient (Wildman–Crippen LogP) is 1.15. The summed E-state index contributed by atoms with van der Waals surface area (Å²) >= 11 is 0. The first-order valence-corrected chi connectivity index (χ1v) is 5.66. The monoisotopic (exact) mass is 266 g/mol. The molecule has 0 unspecified atom stereocenters. The summed E-state index contributed by atoms with van der Waals surface area (Å²) in [7, 11) is 0. The Bertz CT molecular complexity index is 742. The summed E-state index contributed by atoms with van der Waals surface area (Å²) in [5.41, 5.74) is 7.49. The second kappa shape index (κ2) is 5.59. The Morgan fingerprint density at radius 2 is 2.10 bits per heavy atom. The molecule has 0 fully saturated rings. The van der Waals surface area contributed by atoms with Crippen LogP contribution in [-0.2, 0) is 4.79 Å². The normalized spacial score (nSPS) is 9.35. The van der Waals surface area contributed by atoms with E-state index in [0.29, 0.717) is 16.8 Å². The van der Waals surface area contributed by atoms with Gasteiger partial charge in [-0.2, -0.15) is 10.4 Å². The van der Waals surface area contributed by atoms with Gasteiger partial charge in [-0.25, -0.2) is 4.68 Å². The van der Waals surface area contributed by atoms with Gasteiger partial charge in [-0.1, -0.05) is 11.8 Å². The van der Waals surface area contributed by atoms with E-state index in [2.05, 4.69) is 16.9 Å². The Kier molecular flexibility index (Phi) is 3.69. The number of nitriles is 1. The fourth-order valence-electron chi connectivity index (χ4n) is 1.56. The maximum absolute atomic E-state index is 10.3. The smallest absolute Gasteiger partial charge is 0.315 e. The van der Waals surface area contributed by atoms with E-state index >= 15 is 0 Å². The predicted molar refractivity (Wildman–Crippen MR) is 71.8 cm³/mol. The van der Waals surface area contributed by atoms with Crippen molar-refractivity contribution < 1.29 is 9.90 Å². The molecule has 20 heavy (non-hydrogen) atoms. The van der Waals surface area contributed by atoms with Crippen LogP contribution in [0.1, 0.15) is 17.5 Å². The van der Waals surface area contributed by atoms with Crippen molar-refractivity contribution in [3.8, 4) is 23.6 Å². The molecule has 3 N–H and O–H groups in total. The van der Waals surface area contributed by atoms with E-state index in [9.17, 15) is 4.79 Å². The van der Waals surface area contributed by atoms with E-state index in [-0.39, 0.29) is 12.2 Å². The van der Waals surface area contributed by atoms with Crippen molar-refractivity contribution in [2.24, 2.45) is 0 Å². The van der Waals surface area contributed by atoms with E-state index in [1.807, 2.05) is 6.07 Å². The highest BCUT2D eigenvalue weighted by molar-refractivity contribution is 5.70. The molecule has 0 atom stereocenters. The van der Waals surface area contributed by atoms with E-state index < -0.39 is 5.97 Å². The highest BCUT2D eigenvalue weighted by atomic mass is 16.4. The van der Waals surface area contributed by atoms with Gasteiger partial charge in [0.25, 0.3) is 0 Å². The number of nitrogens with two attached hydrogens (primary N) is 1. The van der Waals surface area contributed by atoms with Crippen LogP contribution >= 0.6 is 0 Å². The van der Waals surface area contributed by atoms with Gasteiger partial charge < -0.3 is 10.8 Å². The molecular weight excluding hydrogens is 256 g/mol. The van der Waals surface area contributed by atoms with Crippen LogP contribution in [0.2, 0.25) is 0 Å². The molecule has 0 bridgehead atoms. The van der Waals surface area contributed by atoms with Crippen LogP contribution in [0.4, 0.5) is 5.82 Å². The molecule has 0 amide bonds. The Morgan fingerprint density at radius 3 is 2.65 bits per heavy atom. The molecule has 1 aromatic heterocycles. The second-order valence-electron chi connectivity index (χ2n) is 3.89. The van der Waals surface area contributed by atoms with Crippen LogP contribution in [0.5, 0.6) is 0 Å². The number of carboxylic acids is 1. The third-order valence-corrected chi connectivity index (χ3v) is 2.51. The number of carboxylic acid groups (broad SMARTS) is 1. The average Bonchev–Trinajstić information content (AvgIpc) is 2.80. The summed E-state index contributed by atoms with van der Waals surface area (Å²) in [6, 6.07) is 8.91. The zero-order chi connectivity index (χ0) is 14.5. The number of aliphatic carboxylic acids is 1. The number of anilines is 1. The zero-order valence-electron chi connectivity index (χ0n) is 10.4. The lowest BCUT2D eigenvalue weighted by molar-refractivity contribution is -0.135. The lowest BCUT2D eigenvalue weighted by Gasteiger charge is -2.03. The van der Waals surface area contributed by atoms with Crippen LogP contribution in [-0.4, -0.2) is 20.9 Å². The summed E-state index contributed by atoms with van der Waals surface area (Å²) in [6.45, 7) is 0.